The zero-order valence-electron chi connectivity index (χ0n) is 22.1. The van der Waals surface area contributed by atoms with Crippen LogP contribution in [0.2, 0.25) is 0 Å². The van der Waals surface area contributed by atoms with Gasteiger partial charge in [-0.25, -0.2) is 19.3 Å². The second-order valence-electron chi connectivity index (χ2n) is 9.72. The minimum absolute atomic E-state index is 0.0119. The van der Waals surface area contributed by atoms with Crippen LogP contribution >= 0.6 is 0 Å². The van der Waals surface area contributed by atoms with Crippen LogP contribution in [0.4, 0.5) is 21.7 Å². The number of aliphatic imine (C=N–C) groups is 1. The Labute approximate surface area is 233 Å². The number of nitrogens with one attached hydrogen (secondary N) is 2. The van der Waals surface area contributed by atoms with E-state index in [9.17, 15) is 24.1 Å². The highest BCUT2D eigenvalue weighted by Crippen LogP contribution is 2.26. The Balaban J connectivity index is 1.42. The van der Waals surface area contributed by atoms with Gasteiger partial charge in [0.05, 0.1) is 49.9 Å². The minimum Gasteiger partial charge on any atom is -0.363 e. The van der Waals surface area contributed by atoms with Gasteiger partial charge in [-0.3, -0.25) is 9.59 Å². The number of benzene rings is 1. The van der Waals surface area contributed by atoms with E-state index in [0.29, 0.717) is 34.5 Å². The summed E-state index contributed by atoms with van der Waals surface area (Å²) >= 11 is 0. The predicted molar refractivity (Wildman–Crippen MR) is 150 cm³/mol. The number of likely N-dealkylation sites (N-methyl/N-ethyl adjacent to an activating group) is 1. The molecule has 0 saturated heterocycles. The van der Waals surface area contributed by atoms with Gasteiger partial charge in [-0.05, 0) is 40.3 Å². The van der Waals surface area contributed by atoms with Gasteiger partial charge in [0, 0.05) is 17.1 Å². The van der Waals surface area contributed by atoms with E-state index in [1.807, 2.05) is 14.1 Å². The van der Waals surface area contributed by atoms with Gasteiger partial charge in [-0.2, -0.15) is 0 Å². The molecule has 2 amide bonds. The first-order valence-electron chi connectivity index (χ1n) is 12.1. The number of fused-ring (bicyclic) bond motifs is 1. The van der Waals surface area contributed by atoms with Crippen molar-refractivity contribution in [2.75, 3.05) is 37.8 Å². The Kier molecular flexibility index (Phi) is 8.11. The lowest BCUT2D eigenvalue weighted by atomic mass is 10.1. The number of hydrogen-bond acceptors (Lipinski definition) is 9. The van der Waals surface area contributed by atoms with Gasteiger partial charge in [-0.15, -0.1) is 6.42 Å². The Bertz CT molecular complexity index is 1710. The average molecular weight is 559 g/mol. The molecule has 0 aliphatic carbocycles. The zero-order valence-corrected chi connectivity index (χ0v) is 22.1. The molecule has 4 rings (SSSR count). The molecule has 0 unspecified atom stereocenters. The van der Waals surface area contributed by atoms with Crippen molar-refractivity contribution in [1.82, 2.24) is 15.0 Å². The number of nitrogens with two attached hydrogens (primary N) is 1. The molecule has 0 atom stereocenters. The van der Waals surface area contributed by atoms with Crippen molar-refractivity contribution >= 4 is 45.8 Å². The van der Waals surface area contributed by atoms with E-state index in [-0.39, 0.29) is 40.4 Å². The molecule has 41 heavy (non-hydrogen) atoms. The van der Waals surface area contributed by atoms with E-state index in [2.05, 4.69) is 36.5 Å². The van der Waals surface area contributed by atoms with E-state index in [4.69, 9.17) is 12.2 Å². The smallest absolute Gasteiger partial charge is 0.363 e. The molecule has 14 heteroatoms. The van der Waals surface area contributed by atoms with Crippen molar-refractivity contribution in [1.29, 1.82) is 0 Å². The minimum atomic E-state index is -0.800. The summed E-state index contributed by atoms with van der Waals surface area (Å²) in [5.41, 5.74) is 6.69. The van der Waals surface area contributed by atoms with E-state index < -0.39 is 22.6 Å². The Morgan fingerprint density at radius 2 is 2.05 bits per heavy atom. The second-order valence-corrected chi connectivity index (χ2v) is 9.72. The van der Waals surface area contributed by atoms with Crippen LogP contribution < -0.4 is 16.4 Å². The van der Waals surface area contributed by atoms with Gasteiger partial charge >= 0.3 is 5.82 Å². The summed E-state index contributed by atoms with van der Waals surface area (Å²) in [7, 11) is 3.64. The second kappa shape index (κ2) is 11.7. The quantitative estimate of drug-likeness (QED) is 0.111. The molecule has 4 N–H and O–H groups in total. The van der Waals surface area contributed by atoms with Crippen molar-refractivity contribution in [3.05, 3.63) is 81.8 Å². The van der Waals surface area contributed by atoms with Gasteiger partial charge in [0.15, 0.2) is 0 Å². The third-order valence-electron chi connectivity index (χ3n) is 6.04. The first-order valence-corrected chi connectivity index (χ1v) is 12.1. The molecule has 1 aliphatic rings. The molecule has 13 nitrogen and oxygen atoms in total. The highest BCUT2D eigenvalue weighted by molar-refractivity contribution is 6.39. The molecule has 208 valence electrons. The molecule has 0 spiro atoms. The number of aromatic nitrogens is 3. The Morgan fingerprint density at radius 1 is 1.27 bits per heavy atom. The summed E-state index contributed by atoms with van der Waals surface area (Å²) in [5, 5.41) is 17.7. The summed E-state index contributed by atoms with van der Waals surface area (Å²) in [6.45, 7) is 0.569. The van der Waals surface area contributed by atoms with Crippen LogP contribution in [0, 0.1) is 28.3 Å². The van der Waals surface area contributed by atoms with Gasteiger partial charge < -0.3 is 31.0 Å². The normalized spacial score (nSPS) is 13.3. The largest absolute Gasteiger partial charge is 0.369 e. The fourth-order valence-corrected chi connectivity index (χ4v) is 4.14. The SMILES string of the molecule is C#Cc1cc(Nc2ncnc3cnc(NC(=O)/C=C/C[N+](C)(C)CC4=C([N+](=O)[O-])N=C(C(N)=O)C4)cc23)ccc1F. The molecule has 0 bridgehead atoms. The fourth-order valence-electron chi connectivity index (χ4n) is 4.14. The number of rotatable bonds is 10. The van der Waals surface area contributed by atoms with Crippen LogP contribution in [0.3, 0.4) is 0 Å². The van der Waals surface area contributed by atoms with E-state index in [0.717, 1.165) is 0 Å². The number of halogens is 1. The molecular formula is C27H25FN9O4+. The third-order valence-corrected chi connectivity index (χ3v) is 6.04. The lowest BCUT2D eigenvalue weighted by molar-refractivity contribution is -0.880. The number of nitrogens with zero attached hydrogens (tertiary/aromatic N) is 6. The van der Waals surface area contributed by atoms with Crippen LogP contribution in [-0.4, -0.2) is 69.1 Å². The van der Waals surface area contributed by atoms with Crippen LogP contribution in [0.25, 0.3) is 10.9 Å². The van der Waals surface area contributed by atoms with Crippen LogP contribution in [0.1, 0.15) is 12.0 Å². The first-order chi connectivity index (χ1) is 19.5. The number of hydrogen-bond donors (Lipinski definition) is 3. The van der Waals surface area contributed by atoms with Crippen molar-refractivity contribution in [2.45, 2.75) is 6.42 Å². The van der Waals surface area contributed by atoms with E-state index >= 15 is 0 Å². The lowest BCUT2D eigenvalue weighted by Gasteiger charge is -2.28. The van der Waals surface area contributed by atoms with Gasteiger partial charge in [-0.1, -0.05) is 5.92 Å². The Morgan fingerprint density at radius 3 is 2.76 bits per heavy atom. The molecule has 1 aromatic carbocycles. The highest BCUT2D eigenvalue weighted by atomic mass is 19.1. The lowest BCUT2D eigenvalue weighted by Crippen LogP contribution is -2.41. The number of pyridine rings is 1. The number of primary amides is 1. The molecule has 3 heterocycles. The number of anilines is 3. The monoisotopic (exact) mass is 558 g/mol. The van der Waals surface area contributed by atoms with Crippen molar-refractivity contribution in [3.8, 4) is 12.3 Å². The van der Waals surface area contributed by atoms with Crippen LogP contribution in [-0.2, 0) is 9.59 Å². The summed E-state index contributed by atoms with van der Waals surface area (Å²) in [5.74, 6) is 0.781. The number of carbonyl (C=O) groups excluding carboxylic acids is 2. The molecule has 0 fully saturated rings. The summed E-state index contributed by atoms with van der Waals surface area (Å²) in [6.07, 6.45) is 11.1. The maximum Gasteiger partial charge on any atom is 0.369 e. The van der Waals surface area contributed by atoms with E-state index in [1.54, 1.807) is 12.1 Å². The molecule has 0 saturated carbocycles. The average Bonchev–Trinajstić information content (AvgIpc) is 3.33. The zero-order chi connectivity index (χ0) is 29.7. The summed E-state index contributed by atoms with van der Waals surface area (Å²) in [4.78, 5) is 51.2. The predicted octanol–water partition coefficient (Wildman–Crippen LogP) is 2.28. The topological polar surface area (TPSA) is 178 Å². The molecular weight excluding hydrogens is 533 g/mol. The number of terminal acetylenes is 1. The number of quaternary nitrogens is 1. The number of carbonyl (C=O) groups is 2. The molecule has 1 aliphatic heterocycles. The molecule has 3 aromatic rings. The summed E-state index contributed by atoms with van der Waals surface area (Å²) in [6, 6.07) is 5.84. The molecule has 2 aromatic heterocycles. The van der Waals surface area contributed by atoms with Crippen LogP contribution in [0.5, 0.6) is 0 Å². The maximum atomic E-state index is 13.8. The fraction of sp³-hybridized carbons (Fsp3) is 0.185. The standard InChI is InChI=1S/C27H24FN9O4/c1-4-16-10-18(7-8-20(16)28)33-26-19-12-23(30-13-22(19)31-15-32-26)35-24(38)6-5-9-37(2,3)14-17-11-21(25(29)39)34-27(17)36(40)41/h1,5-8,10,12-13,15H,9,11,14H2,2-3H3,(H3-,29,30,31,32,33,34,35,38,39)/p+1/b6-5+. The van der Waals surface area contributed by atoms with Gasteiger partial charge in [0.2, 0.25) is 11.6 Å². The first kappa shape index (κ1) is 28.5. The van der Waals surface area contributed by atoms with Crippen molar-refractivity contribution in [3.63, 3.8) is 0 Å². The van der Waals surface area contributed by atoms with Crippen molar-refractivity contribution < 1.29 is 23.4 Å². The highest BCUT2D eigenvalue weighted by Gasteiger charge is 2.35. The summed E-state index contributed by atoms with van der Waals surface area (Å²) < 4.78 is 14.0. The Hall–Kier alpha value is -5.55. The number of amides is 2. The number of nitro groups is 1. The van der Waals surface area contributed by atoms with Crippen LogP contribution in [0.15, 0.2) is 65.3 Å². The third kappa shape index (κ3) is 6.91. The van der Waals surface area contributed by atoms with Gasteiger partial charge in [0.1, 0.15) is 30.3 Å². The molecule has 0 radical (unpaired) electrons. The van der Waals surface area contributed by atoms with Crippen molar-refractivity contribution in [2.24, 2.45) is 10.7 Å². The maximum absolute atomic E-state index is 13.8. The van der Waals surface area contributed by atoms with E-state index in [1.165, 1.54) is 36.8 Å². The van der Waals surface area contributed by atoms with Gasteiger partial charge in [0.25, 0.3) is 5.91 Å².